The highest BCUT2D eigenvalue weighted by Gasteiger charge is 2.18. The van der Waals surface area contributed by atoms with E-state index in [1.807, 2.05) is 13.8 Å². The van der Waals surface area contributed by atoms with Crippen molar-refractivity contribution in [3.63, 3.8) is 0 Å². The fraction of sp³-hybridized carbons (Fsp3) is 0.234. The van der Waals surface area contributed by atoms with Crippen LogP contribution < -0.4 is 15.5 Å². The van der Waals surface area contributed by atoms with Crippen molar-refractivity contribution < 1.29 is 0 Å². The third kappa shape index (κ3) is 8.91. The monoisotopic (exact) mass is 663 g/mol. The van der Waals surface area contributed by atoms with Crippen LogP contribution in [-0.4, -0.2) is 7.05 Å². The fourth-order valence-electron chi connectivity index (χ4n) is 6.41. The number of rotatable bonds is 7. The van der Waals surface area contributed by atoms with Gasteiger partial charge in [-0.3, -0.25) is 0 Å². The number of benzene rings is 6. The van der Waals surface area contributed by atoms with Gasteiger partial charge in [0.2, 0.25) is 0 Å². The van der Waals surface area contributed by atoms with E-state index in [2.05, 4.69) is 191 Å². The summed E-state index contributed by atoms with van der Waals surface area (Å²) in [5, 5.41) is 0. The summed E-state index contributed by atoms with van der Waals surface area (Å²) in [6, 6.07) is 46.7. The molecule has 0 saturated carbocycles. The van der Waals surface area contributed by atoms with Crippen LogP contribution in [-0.2, 0) is 0 Å². The summed E-state index contributed by atoms with van der Waals surface area (Å²) in [6.07, 6.45) is 0. The standard InChI is InChI=1S/C43H42N2.C2H6.CH5N.CH4/c1-29-8-17-38(18-9-29)44(42-25-12-31(3)26-33(42)5)39-21-13-36(14-22-39)37-15-23-41(24-16-37)45(40-19-10-30(2)11-20-40)43-34(6)27-32(4)28-35(43)7;2*1-2;/h8-28H,1-7H3;1-2H3;2H2,1H3;1H4. The molecule has 6 rings (SSSR count). The maximum Gasteiger partial charge on any atom is 0.0520 e. The normalized spacial score (nSPS) is 10.1. The summed E-state index contributed by atoms with van der Waals surface area (Å²) < 4.78 is 0. The molecule has 0 fully saturated rings. The van der Waals surface area contributed by atoms with Gasteiger partial charge in [0.05, 0.1) is 5.69 Å². The van der Waals surface area contributed by atoms with Crippen molar-refractivity contribution in [2.75, 3.05) is 16.8 Å². The molecule has 260 valence electrons. The van der Waals surface area contributed by atoms with Crippen molar-refractivity contribution in [2.24, 2.45) is 5.73 Å². The Labute approximate surface area is 303 Å². The van der Waals surface area contributed by atoms with Crippen molar-refractivity contribution in [1.82, 2.24) is 0 Å². The lowest BCUT2D eigenvalue weighted by Crippen LogP contribution is -2.13. The maximum atomic E-state index is 4.50. The van der Waals surface area contributed by atoms with Gasteiger partial charge in [0, 0.05) is 28.4 Å². The van der Waals surface area contributed by atoms with Gasteiger partial charge in [-0.2, -0.15) is 0 Å². The zero-order chi connectivity index (χ0) is 35.7. The van der Waals surface area contributed by atoms with Gasteiger partial charge in [-0.1, -0.05) is 116 Å². The van der Waals surface area contributed by atoms with E-state index in [1.165, 1.54) is 68.5 Å². The lowest BCUT2D eigenvalue weighted by molar-refractivity contribution is 1.20. The average Bonchev–Trinajstić information content (AvgIpc) is 3.11. The smallest absolute Gasteiger partial charge is 0.0520 e. The lowest BCUT2D eigenvalue weighted by atomic mass is 10.0. The average molecular weight is 664 g/mol. The Morgan fingerprint density at radius 2 is 0.680 bits per heavy atom. The number of aryl methyl sites for hydroxylation is 7. The van der Waals surface area contributed by atoms with E-state index < -0.39 is 0 Å². The Kier molecular flexibility index (Phi) is 14.2. The van der Waals surface area contributed by atoms with Crippen LogP contribution in [0.15, 0.2) is 127 Å². The summed E-state index contributed by atoms with van der Waals surface area (Å²) >= 11 is 0. The molecule has 0 atom stereocenters. The minimum absolute atomic E-state index is 0. The molecule has 50 heavy (non-hydrogen) atoms. The molecule has 0 aliphatic carbocycles. The molecule has 6 aromatic rings. The van der Waals surface area contributed by atoms with Crippen molar-refractivity contribution in [3.8, 4) is 11.1 Å². The van der Waals surface area contributed by atoms with Gasteiger partial charge in [-0.25, -0.2) is 0 Å². The van der Waals surface area contributed by atoms with Gasteiger partial charge in [0.1, 0.15) is 0 Å². The Morgan fingerprint density at radius 1 is 0.360 bits per heavy atom. The van der Waals surface area contributed by atoms with Crippen LogP contribution in [0.2, 0.25) is 0 Å². The van der Waals surface area contributed by atoms with Crippen LogP contribution in [0.25, 0.3) is 11.1 Å². The summed E-state index contributed by atoms with van der Waals surface area (Å²) in [4.78, 5) is 4.74. The Balaban J connectivity index is 0.00000131. The molecule has 2 N–H and O–H groups in total. The summed E-state index contributed by atoms with van der Waals surface area (Å²) in [5.41, 5.74) is 22.8. The van der Waals surface area contributed by atoms with Crippen molar-refractivity contribution in [3.05, 3.63) is 166 Å². The van der Waals surface area contributed by atoms with Gasteiger partial charge in [0.15, 0.2) is 0 Å². The first-order valence-corrected chi connectivity index (χ1v) is 17.3. The van der Waals surface area contributed by atoms with E-state index in [4.69, 9.17) is 0 Å². The van der Waals surface area contributed by atoms with Crippen LogP contribution in [0, 0.1) is 48.5 Å². The zero-order valence-electron chi connectivity index (χ0n) is 31.1. The molecule has 3 nitrogen and oxygen atoms in total. The molecule has 0 unspecified atom stereocenters. The topological polar surface area (TPSA) is 32.5 Å². The van der Waals surface area contributed by atoms with Crippen LogP contribution in [0.3, 0.4) is 0 Å². The molecular formula is C47H57N3. The zero-order valence-corrected chi connectivity index (χ0v) is 31.1. The fourth-order valence-corrected chi connectivity index (χ4v) is 6.41. The first-order valence-electron chi connectivity index (χ1n) is 17.3. The van der Waals surface area contributed by atoms with E-state index in [0.29, 0.717) is 0 Å². The predicted octanol–water partition coefficient (Wildman–Crippen LogP) is 13.7. The highest BCUT2D eigenvalue weighted by Crippen LogP contribution is 2.41. The molecule has 0 spiro atoms. The van der Waals surface area contributed by atoms with E-state index >= 15 is 0 Å². The summed E-state index contributed by atoms with van der Waals surface area (Å²) in [5.74, 6) is 0. The number of hydrogen-bond donors (Lipinski definition) is 1. The first-order chi connectivity index (χ1) is 23.7. The molecule has 0 bridgehead atoms. The van der Waals surface area contributed by atoms with Crippen molar-refractivity contribution in [2.45, 2.75) is 69.7 Å². The molecular weight excluding hydrogens is 607 g/mol. The van der Waals surface area contributed by atoms with Crippen LogP contribution in [0.1, 0.15) is 60.2 Å². The van der Waals surface area contributed by atoms with Crippen LogP contribution >= 0.6 is 0 Å². The first kappa shape index (κ1) is 39.3. The highest BCUT2D eigenvalue weighted by molar-refractivity contribution is 5.83. The van der Waals surface area contributed by atoms with Crippen LogP contribution in [0.5, 0.6) is 0 Å². The Morgan fingerprint density at radius 3 is 1.06 bits per heavy atom. The van der Waals surface area contributed by atoms with Gasteiger partial charge < -0.3 is 15.5 Å². The number of nitrogens with two attached hydrogens (primary N) is 1. The Hall–Kier alpha value is -5.12. The number of nitrogens with zero attached hydrogens (tertiary/aromatic N) is 2. The third-order valence-electron chi connectivity index (χ3n) is 8.62. The van der Waals surface area contributed by atoms with E-state index in [-0.39, 0.29) is 7.43 Å². The van der Waals surface area contributed by atoms with Crippen molar-refractivity contribution in [1.29, 1.82) is 0 Å². The van der Waals surface area contributed by atoms with E-state index in [9.17, 15) is 0 Å². The Bertz CT molecular complexity index is 1910. The van der Waals surface area contributed by atoms with Gasteiger partial charge >= 0.3 is 0 Å². The molecule has 6 aromatic carbocycles. The molecule has 0 saturated heterocycles. The van der Waals surface area contributed by atoms with Gasteiger partial charge in [-0.05, 0) is 138 Å². The molecule has 0 aromatic heterocycles. The second-order valence-electron chi connectivity index (χ2n) is 12.5. The minimum atomic E-state index is 0. The quantitative estimate of drug-likeness (QED) is 0.184. The second-order valence-corrected chi connectivity index (χ2v) is 12.5. The molecule has 0 aliphatic heterocycles. The molecule has 3 heteroatoms. The summed E-state index contributed by atoms with van der Waals surface area (Å²) in [6.45, 7) is 19.2. The lowest BCUT2D eigenvalue weighted by Gasteiger charge is -2.29. The van der Waals surface area contributed by atoms with Crippen LogP contribution in [0.4, 0.5) is 34.1 Å². The van der Waals surface area contributed by atoms with E-state index in [1.54, 1.807) is 0 Å². The molecule has 0 radical (unpaired) electrons. The largest absolute Gasteiger partial charge is 0.333 e. The highest BCUT2D eigenvalue weighted by atomic mass is 15.1. The molecule has 0 amide bonds. The SMILES string of the molecule is C.CC.CN.Cc1ccc(N(c2ccc(-c3ccc(N(c4ccc(C)cc4)c4c(C)cc(C)cc4C)cc3)cc2)c2ccc(C)cc2C)cc1. The minimum Gasteiger partial charge on any atom is -0.333 e. The number of hydrogen-bond acceptors (Lipinski definition) is 3. The maximum absolute atomic E-state index is 4.50. The molecule has 0 aliphatic rings. The predicted molar refractivity (Wildman–Crippen MR) is 223 cm³/mol. The van der Waals surface area contributed by atoms with Gasteiger partial charge in [0.25, 0.3) is 0 Å². The summed E-state index contributed by atoms with van der Waals surface area (Å²) in [7, 11) is 1.50. The van der Waals surface area contributed by atoms with Crippen molar-refractivity contribution >= 4 is 34.1 Å². The van der Waals surface area contributed by atoms with E-state index in [0.717, 1.165) is 22.7 Å². The number of anilines is 6. The second kappa shape index (κ2) is 18.0. The third-order valence-corrected chi connectivity index (χ3v) is 8.62. The van der Waals surface area contributed by atoms with Gasteiger partial charge in [-0.15, -0.1) is 0 Å². The molecule has 0 heterocycles.